The summed E-state index contributed by atoms with van der Waals surface area (Å²) >= 11 is 0. The van der Waals surface area contributed by atoms with Crippen molar-refractivity contribution in [1.82, 2.24) is 0 Å². The van der Waals surface area contributed by atoms with Crippen molar-refractivity contribution in [2.24, 2.45) is 11.8 Å². The number of carbonyl (C=O) groups is 1. The Bertz CT molecular complexity index is 139. The molecule has 78 valence electrons. The van der Waals surface area contributed by atoms with E-state index in [0.29, 0.717) is 24.9 Å². The lowest BCUT2D eigenvalue weighted by Crippen LogP contribution is -2.09. The van der Waals surface area contributed by atoms with E-state index < -0.39 is 0 Å². The van der Waals surface area contributed by atoms with Gasteiger partial charge in [0, 0.05) is 6.42 Å². The molecule has 0 rings (SSSR count). The summed E-state index contributed by atoms with van der Waals surface area (Å²) in [6.07, 6.45) is 2.64. The lowest BCUT2D eigenvalue weighted by atomic mass is 10.1. The molecular weight excluding hydrogens is 164 g/mol. The summed E-state index contributed by atoms with van der Waals surface area (Å²) in [4.78, 5) is 11.1. The van der Waals surface area contributed by atoms with E-state index in [1.165, 1.54) is 0 Å². The largest absolute Gasteiger partial charge is 0.465 e. The fourth-order valence-electron chi connectivity index (χ4n) is 0.986. The van der Waals surface area contributed by atoms with E-state index in [-0.39, 0.29) is 5.97 Å². The Balaban J connectivity index is 3.30. The van der Waals surface area contributed by atoms with Gasteiger partial charge in [0.15, 0.2) is 0 Å². The lowest BCUT2D eigenvalue weighted by Gasteiger charge is -2.07. The summed E-state index contributed by atoms with van der Waals surface area (Å²) in [5, 5.41) is 0. The topological polar surface area (TPSA) is 26.3 Å². The molecule has 0 N–H and O–H groups in total. The van der Waals surface area contributed by atoms with E-state index in [1.807, 2.05) is 13.8 Å². The third-order valence-corrected chi connectivity index (χ3v) is 1.74. The zero-order chi connectivity index (χ0) is 10.3. The minimum absolute atomic E-state index is 0.0469. The van der Waals surface area contributed by atoms with Gasteiger partial charge in [-0.25, -0.2) is 0 Å². The predicted molar refractivity (Wildman–Crippen MR) is 54.5 cm³/mol. The van der Waals surface area contributed by atoms with Crippen LogP contribution in [0.25, 0.3) is 0 Å². The Morgan fingerprint density at radius 3 is 2.23 bits per heavy atom. The first-order chi connectivity index (χ1) is 6.02. The van der Waals surface area contributed by atoms with Gasteiger partial charge in [0.25, 0.3) is 0 Å². The zero-order valence-electron chi connectivity index (χ0n) is 9.30. The quantitative estimate of drug-likeness (QED) is 0.596. The van der Waals surface area contributed by atoms with Crippen LogP contribution in [0.15, 0.2) is 0 Å². The summed E-state index contributed by atoms with van der Waals surface area (Å²) in [6, 6.07) is 0. The standard InChI is InChI=1S/C11H22O2/c1-9(2)6-5-7-11(12)13-8-10(3)4/h9-10H,5-8H2,1-4H3. The normalized spacial score (nSPS) is 10.9. The van der Waals surface area contributed by atoms with Crippen LogP contribution in [0.3, 0.4) is 0 Å². The molecule has 0 heterocycles. The second-order valence-corrected chi connectivity index (χ2v) is 4.36. The number of ether oxygens (including phenoxy) is 1. The molecule has 2 heteroatoms. The van der Waals surface area contributed by atoms with Crippen molar-refractivity contribution in [2.75, 3.05) is 6.61 Å². The number of rotatable bonds is 6. The van der Waals surface area contributed by atoms with E-state index >= 15 is 0 Å². The van der Waals surface area contributed by atoms with Gasteiger partial charge in [0.1, 0.15) is 0 Å². The van der Waals surface area contributed by atoms with Crippen molar-refractivity contribution in [2.45, 2.75) is 47.0 Å². The fraction of sp³-hybridized carbons (Fsp3) is 0.909. The highest BCUT2D eigenvalue weighted by molar-refractivity contribution is 5.69. The van der Waals surface area contributed by atoms with Crippen molar-refractivity contribution in [3.8, 4) is 0 Å². The molecule has 13 heavy (non-hydrogen) atoms. The van der Waals surface area contributed by atoms with Gasteiger partial charge in [-0.1, -0.05) is 34.1 Å². The molecule has 0 aromatic carbocycles. The second-order valence-electron chi connectivity index (χ2n) is 4.36. The first-order valence-electron chi connectivity index (χ1n) is 5.18. The SMILES string of the molecule is CC(C)CCCC(=O)OCC(C)C. The molecule has 0 aromatic rings. The van der Waals surface area contributed by atoms with Crippen LogP contribution in [0.1, 0.15) is 47.0 Å². The molecule has 0 fully saturated rings. The smallest absolute Gasteiger partial charge is 0.305 e. The molecule has 0 aliphatic carbocycles. The van der Waals surface area contributed by atoms with Crippen LogP contribution in [0.5, 0.6) is 0 Å². The number of hydrogen-bond acceptors (Lipinski definition) is 2. The van der Waals surface area contributed by atoms with Crippen LogP contribution in [0.2, 0.25) is 0 Å². The van der Waals surface area contributed by atoms with E-state index in [2.05, 4.69) is 13.8 Å². The van der Waals surface area contributed by atoms with Crippen LogP contribution in [0.4, 0.5) is 0 Å². The van der Waals surface area contributed by atoms with Crippen LogP contribution in [-0.2, 0) is 9.53 Å². The van der Waals surface area contributed by atoms with Gasteiger partial charge in [-0.05, 0) is 18.3 Å². The summed E-state index contributed by atoms with van der Waals surface area (Å²) in [6.45, 7) is 8.97. The van der Waals surface area contributed by atoms with Gasteiger partial charge < -0.3 is 4.74 Å². The van der Waals surface area contributed by atoms with Crippen LogP contribution >= 0.6 is 0 Å². The average Bonchev–Trinajstić information content (AvgIpc) is 2.00. The van der Waals surface area contributed by atoms with Crippen molar-refractivity contribution >= 4 is 5.97 Å². The lowest BCUT2D eigenvalue weighted by molar-refractivity contribution is -0.144. The van der Waals surface area contributed by atoms with Gasteiger partial charge in [-0.3, -0.25) is 4.79 Å². The van der Waals surface area contributed by atoms with Crippen LogP contribution in [-0.4, -0.2) is 12.6 Å². The van der Waals surface area contributed by atoms with E-state index in [9.17, 15) is 4.79 Å². The minimum atomic E-state index is -0.0469. The van der Waals surface area contributed by atoms with Gasteiger partial charge in [0.2, 0.25) is 0 Å². The van der Waals surface area contributed by atoms with Crippen molar-refractivity contribution in [1.29, 1.82) is 0 Å². The minimum Gasteiger partial charge on any atom is -0.465 e. The second kappa shape index (κ2) is 6.93. The summed E-state index contributed by atoms with van der Waals surface area (Å²) in [5.74, 6) is 1.07. The van der Waals surface area contributed by atoms with Gasteiger partial charge in [0.05, 0.1) is 6.61 Å². The summed E-state index contributed by atoms with van der Waals surface area (Å²) < 4.78 is 5.05. The Morgan fingerprint density at radius 2 is 1.77 bits per heavy atom. The highest BCUT2D eigenvalue weighted by Crippen LogP contribution is 2.07. The molecule has 0 bridgehead atoms. The highest BCUT2D eigenvalue weighted by Gasteiger charge is 2.04. The molecule has 0 atom stereocenters. The maximum Gasteiger partial charge on any atom is 0.305 e. The Labute approximate surface area is 81.7 Å². The van der Waals surface area contributed by atoms with Crippen LogP contribution < -0.4 is 0 Å². The first kappa shape index (κ1) is 12.5. The first-order valence-corrected chi connectivity index (χ1v) is 5.18. The van der Waals surface area contributed by atoms with E-state index in [0.717, 1.165) is 12.8 Å². The van der Waals surface area contributed by atoms with E-state index in [1.54, 1.807) is 0 Å². The van der Waals surface area contributed by atoms with Gasteiger partial charge in [-0.2, -0.15) is 0 Å². The summed E-state index contributed by atoms with van der Waals surface area (Å²) in [5.41, 5.74) is 0. The molecule has 2 nitrogen and oxygen atoms in total. The average molecular weight is 186 g/mol. The van der Waals surface area contributed by atoms with E-state index in [4.69, 9.17) is 4.74 Å². The number of carbonyl (C=O) groups excluding carboxylic acids is 1. The maximum atomic E-state index is 11.1. The maximum absolute atomic E-state index is 11.1. The highest BCUT2D eigenvalue weighted by atomic mass is 16.5. The predicted octanol–water partition coefficient (Wildman–Crippen LogP) is 3.01. The molecule has 0 aliphatic rings. The van der Waals surface area contributed by atoms with Crippen molar-refractivity contribution < 1.29 is 9.53 Å². The third-order valence-electron chi connectivity index (χ3n) is 1.74. The monoisotopic (exact) mass is 186 g/mol. The molecule has 0 aromatic heterocycles. The number of hydrogen-bond donors (Lipinski definition) is 0. The molecule has 0 spiro atoms. The Morgan fingerprint density at radius 1 is 1.15 bits per heavy atom. The van der Waals surface area contributed by atoms with Crippen molar-refractivity contribution in [3.05, 3.63) is 0 Å². The number of esters is 1. The molecule has 0 amide bonds. The molecular formula is C11H22O2. The molecule has 0 saturated heterocycles. The molecule has 0 aliphatic heterocycles. The van der Waals surface area contributed by atoms with Crippen molar-refractivity contribution in [3.63, 3.8) is 0 Å². The Kier molecular flexibility index (Phi) is 6.65. The van der Waals surface area contributed by atoms with Gasteiger partial charge >= 0.3 is 5.97 Å². The fourth-order valence-corrected chi connectivity index (χ4v) is 0.986. The van der Waals surface area contributed by atoms with Gasteiger partial charge in [-0.15, -0.1) is 0 Å². The van der Waals surface area contributed by atoms with Crippen LogP contribution in [0, 0.1) is 11.8 Å². The molecule has 0 unspecified atom stereocenters. The third kappa shape index (κ3) is 9.38. The Hall–Kier alpha value is -0.530. The zero-order valence-corrected chi connectivity index (χ0v) is 9.30. The molecule has 0 saturated carbocycles. The summed E-state index contributed by atoms with van der Waals surface area (Å²) in [7, 11) is 0. The molecule has 0 radical (unpaired) electrons.